The largest absolute Gasteiger partial charge is 0.465 e. The fourth-order valence-electron chi connectivity index (χ4n) is 3.15. The van der Waals surface area contributed by atoms with Gasteiger partial charge in [-0.1, -0.05) is 24.3 Å². The number of amides is 1. The molecule has 2 aromatic rings. The highest BCUT2D eigenvalue weighted by atomic mass is 19.1. The van der Waals surface area contributed by atoms with Crippen LogP contribution >= 0.6 is 0 Å². The summed E-state index contributed by atoms with van der Waals surface area (Å²) in [4.78, 5) is 25.1. The van der Waals surface area contributed by atoms with Gasteiger partial charge in [-0.15, -0.1) is 0 Å². The minimum Gasteiger partial charge on any atom is -0.465 e. The van der Waals surface area contributed by atoms with Crippen LogP contribution in [0, 0.1) is 18.7 Å². The van der Waals surface area contributed by atoms with Crippen LogP contribution < -0.4 is 4.74 Å². The van der Waals surface area contributed by atoms with Crippen LogP contribution in [0.5, 0.6) is 11.5 Å². The van der Waals surface area contributed by atoms with Crippen LogP contribution in [0.4, 0.5) is 9.18 Å². The summed E-state index contributed by atoms with van der Waals surface area (Å²) < 4.78 is 20.5. The van der Waals surface area contributed by atoms with Gasteiger partial charge in [-0.05, 0) is 43.5 Å². The molecule has 0 aliphatic carbocycles. The van der Waals surface area contributed by atoms with Crippen LogP contribution in [0.25, 0.3) is 0 Å². The molecule has 1 unspecified atom stereocenters. The van der Waals surface area contributed by atoms with Gasteiger partial charge in [-0.3, -0.25) is 4.79 Å². The van der Waals surface area contributed by atoms with Gasteiger partial charge in [0.1, 0.15) is 5.75 Å². The first kappa shape index (κ1) is 17.9. The molecule has 3 rings (SSSR count). The molecule has 1 heterocycles. The highest BCUT2D eigenvalue weighted by molar-refractivity contribution is 5.99. The third-order valence-corrected chi connectivity index (χ3v) is 4.60. The van der Waals surface area contributed by atoms with Gasteiger partial charge < -0.3 is 14.7 Å². The summed E-state index contributed by atoms with van der Waals surface area (Å²) in [5.41, 5.74) is 0.793. The molecule has 0 spiro atoms. The van der Waals surface area contributed by atoms with Gasteiger partial charge in [0.25, 0.3) is 0 Å². The Kier molecular flexibility index (Phi) is 5.21. The Bertz CT molecular complexity index is 836. The molecular weight excluding hydrogens is 337 g/mol. The van der Waals surface area contributed by atoms with Gasteiger partial charge in [0.05, 0.1) is 5.56 Å². The Morgan fingerprint density at radius 1 is 1.15 bits per heavy atom. The van der Waals surface area contributed by atoms with E-state index in [1.165, 1.54) is 17.0 Å². The highest BCUT2D eigenvalue weighted by Gasteiger charge is 2.30. The number of aryl methyl sites for hydroxylation is 1. The first-order chi connectivity index (χ1) is 12.5. The fraction of sp³-hybridized carbons (Fsp3) is 0.300. The van der Waals surface area contributed by atoms with E-state index >= 15 is 0 Å². The number of Topliss-reactive ketones (excluding diaryl/α,β-unsaturated/α-hetero) is 1. The summed E-state index contributed by atoms with van der Waals surface area (Å²) in [5, 5.41) is 9.12. The Labute approximate surface area is 151 Å². The van der Waals surface area contributed by atoms with Crippen LogP contribution in [-0.2, 0) is 0 Å². The number of halogens is 1. The first-order valence-corrected chi connectivity index (χ1v) is 8.51. The van der Waals surface area contributed by atoms with Gasteiger partial charge >= 0.3 is 6.09 Å². The second-order valence-corrected chi connectivity index (χ2v) is 6.42. The molecule has 136 valence electrons. The van der Waals surface area contributed by atoms with Gasteiger partial charge in [0.15, 0.2) is 17.3 Å². The molecule has 1 aliphatic rings. The third-order valence-electron chi connectivity index (χ3n) is 4.60. The van der Waals surface area contributed by atoms with Gasteiger partial charge in [0, 0.05) is 19.0 Å². The van der Waals surface area contributed by atoms with Crippen molar-refractivity contribution in [2.24, 2.45) is 5.92 Å². The Balaban J connectivity index is 1.83. The molecule has 0 saturated carbocycles. The van der Waals surface area contributed by atoms with Crippen LogP contribution in [0.15, 0.2) is 42.5 Å². The van der Waals surface area contributed by atoms with Gasteiger partial charge in [0.2, 0.25) is 0 Å². The molecule has 0 radical (unpaired) electrons. The Morgan fingerprint density at radius 3 is 2.62 bits per heavy atom. The number of piperidine rings is 1. The van der Waals surface area contributed by atoms with E-state index in [2.05, 4.69) is 0 Å². The summed E-state index contributed by atoms with van der Waals surface area (Å²) in [6, 6.07) is 11.7. The van der Waals surface area contributed by atoms with Crippen LogP contribution in [-0.4, -0.2) is 35.0 Å². The van der Waals surface area contributed by atoms with Crippen molar-refractivity contribution in [2.45, 2.75) is 19.8 Å². The number of nitrogens with zero attached hydrogens (tertiary/aromatic N) is 1. The topological polar surface area (TPSA) is 66.8 Å². The minimum atomic E-state index is -1.06. The van der Waals surface area contributed by atoms with Crippen molar-refractivity contribution in [1.82, 2.24) is 4.90 Å². The number of para-hydroxylation sites is 1. The monoisotopic (exact) mass is 357 g/mol. The summed E-state index contributed by atoms with van der Waals surface area (Å²) in [5.74, 6) is -1.14. The third kappa shape index (κ3) is 3.69. The second kappa shape index (κ2) is 7.56. The summed E-state index contributed by atoms with van der Waals surface area (Å²) in [6.45, 7) is 2.35. The predicted molar refractivity (Wildman–Crippen MR) is 94.3 cm³/mol. The molecule has 0 bridgehead atoms. The number of hydrogen-bond acceptors (Lipinski definition) is 3. The lowest BCUT2D eigenvalue weighted by molar-refractivity contribution is 0.0802. The zero-order valence-electron chi connectivity index (χ0n) is 14.4. The quantitative estimate of drug-likeness (QED) is 0.818. The first-order valence-electron chi connectivity index (χ1n) is 8.51. The lowest BCUT2D eigenvalue weighted by Gasteiger charge is -2.29. The van der Waals surface area contributed by atoms with E-state index in [1.807, 2.05) is 19.1 Å². The predicted octanol–water partition coefficient (Wildman–Crippen LogP) is 4.50. The summed E-state index contributed by atoms with van der Waals surface area (Å²) >= 11 is 0. The van der Waals surface area contributed by atoms with Crippen molar-refractivity contribution < 1.29 is 23.8 Å². The zero-order valence-corrected chi connectivity index (χ0v) is 14.4. The smallest absolute Gasteiger partial charge is 0.407 e. The maximum absolute atomic E-state index is 14.9. The molecule has 1 aliphatic heterocycles. The van der Waals surface area contributed by atoms with Gasteiger partial charge in [-0.25, -0.2) is 9.18 Å². The molecule has 26 heavy (non-hydrogen) atoms. The number of hydrogen-bond donors (Lipinski definition) is 1. The summed E-state index contributed by atoms with van der Waals surface area (Å²) in [6.07, 6.45) is 0.0777. The SMILES string of the molecule is Cc1ccccc1Oc1cccc(C(=O)C2CCCN(C(=O)O)C2)c1F. The molecule has 2 aromatic carbocycles. The maximum Gasteiger partial charge on any atom is 0.407 e. The Hall–Kier alpha value is -2.89. The van der Waals surface area contributed by atoms with Crippen molar-refractivity contribution >= 4 is 11.9 Å². The number of carbonyl (C=O) groups excluding carboxylic acids is 1. The van der Waals surface area contributed by atoms with Crippen LogP contribution in [0.3, 0.4) is 0 Å². The van der Waals surface area contributed by atoms with Crippen molar-refractivity contribution in [3.8, 4) is 11.5 Å². The van der Waals surface area contributed by atoms with Crippen LogP contribution in [0.1, 0.15) is 28.8 Å². The van der Waals surface area contributed by atoms with Crippen molar-refractivity contribution in [3.05, 3.63) is 59.4 Å². The number of ether oxygens (including phenoxy) is 1. The standard InChI is InChI=1S/C20H20FNO4/c1-13-6-2-3-9-16(13)26-17-10-4-8-15(18(17)21)19(23)14-7-5-11-22(12-14)20(24)25/h2-4,6,8-10,14H,5,7,11-12H2,1H3,(H,24,25). The van der Waals surface area contributed by atoms with Crippen molar-refractivity contribution in [3.63, 3.8) is 0 Å². The molecule has 1 atom stereocenters. The summed E-state index contributed by atoms with van der Waals surface area (Å²) in [7, 11) is 0. The molecule has 6 heteroatoms. The number of benzene rings is 2. The number of likely N-dealkylation sites (tertiary alicyclic amines) is 1. The van der Waals surface area contributed by atoms with Crippen molar-refractivity contribution in [2.75, 3.05) is 13.1 Å². The zero-order chi connectivity index (χ0) is 18.7. The van der Waals surface area contributed by atoms with E-state index in [1.54, 1.807) is 18.2 Å². The molecule has 1 amide bonds. The number of carboxylic acid groups (broad SMARTS) is 1. The molecular formula is C20H20FNO4. The highest BCUT2D eigenvalue weighted by Crippen LogP contribution is 2.30. The van der Waals surface area contributed by atoms with E-state index in [-0.39, 0.29) is 23.6 Å². The average molecular weight is 357 g/mol. The van der Waals surface area contributed by atoms with E-state index < -0.39 is 17.8 Å². The second-order valence-electron chi connectivity index (χ2n) is 6.42. The van der Waals surface area contributed by atoms with Crippen molar-refractivity contribution in [1.29, 1.82) is 0 Å². The minimum absolute atomic E-state index is 0.0175. The van der Waals surface area contributed by atoms with E-state index in [9.17, 15) is 14.0 Å². The number of ketones is 1. The number of carbonyl (C=O) groups is 2. The maximum atomic E-state index is 14.9. The van der Waals surface area contributed by atoms with E-state index in [4.69, 9.17) is 9.84 Å². The lowest BCUT2D eigenvalue weighted by Crippen LogP contribution is -2.41. The van der Waals surface area contributed by atoms with Gasteiger partial charge in [-0.2, -0.15) is 0 Å². The Morgan fingerprint density at radius 2 is 1.88 bits per heavy atom. The normalized spacial score (nSPS) is 17.0. The molecule has 0 aromatic heterocycles. The van der Waals surface area contributed by atoms with E-state index in [0.717, 1.165) is 5.56 Å². The molecule has 5 nitrogen and oxygen atoms in total. The molecule has 1 fully saturated rings. The number of rotatable bonds is 4. The average Bonchev–Trinajstić information content (AvgIpc) is 2.64. The fourth-order valence-corrected chi connectivity index (χ4v) is 3.15. The van der Waals surface area contributed by atoms with Crippen LogP contribution in [0.2, 0.25) is 0 Å². The lowest BCUT2D eigenvalue weighted by atomic mass is 9.90. The van der Waals surface area contributed by atoms with E-state index in [0.29, 0.717) is 25.1 Å². The molecule has 1 saturated heterocycles. The molecule has 1 N–H and O–H groups in total.